The van der Waals surface area contributed by atoms with E-state index in [9.17, 15) is 4.79 Å². The van der Waals surface area contributed by atoms with E-state index in [0.717, 1.165) is 42.5 Å². The molecule has 1 aliphatic heterocycles. The maximum absolute atomic E-state index is 13.1. The van der Waals surface area contributed by atoms with Crippen LogP contribution in [0.3, 0.4) is 0 Å². The molecule has 0 radical (unpaired) electrons. The summed E-state index contributed by atoms with van der Waals surface area (Å²) >= 11 is 12.4. The molecule has 2 N–H and O–H groups in total. The molecule has 156 valence electrons. The Morgan fingerprint density at radius 3 is 2.80 bits per heavy atom. The van der Waals surface area contributed by atoms with Crippen molar-refractivity contribution >= 4 is 29.1 Å². The minimum Gasteiger partial charge on any atom is -0.344 e. The SMILES string of the molecule is Cn1cc(-c2cccc([C@H](NC(=O)c3cc(Cl)ccc3Cl)[C@@H]3CCCCN3)c2)cn1. The third kappa shape index (κ3) is 4.69. The summed E-state index contributed by atoms with van der Waals surface area (Å²) in [6.45, 7) is 0.942. The quantitative estimate of drug-likeness (QED) is 0.583. The summed E-state index contributed by atoms with van der Waals surface area (Å²) < 4.78 is 1.78. The molecule has 7 heteroatoms. The van der Waals surface area contributed by atoms with Crippen molar-refractivity contribution in [2.45, 2.75) is 31.3 Å². The summed E-state index contributed by atoms with van der Waals surface area (Å²) in [6.07, 6.45) is 7.09. The number of rotatable bonds is 5. The Hall–Kier alpha value is -2.34. The zero-order valence-electron chi connectivity index (χ0n) is 16.7. The van der Waals surface area contributed by atoms with Crippen LogP contribution in [0.2, 0.25) is 10.0 Å². The van der Waals surface area contributed by atoms with E-state index in [4.69, 9.17) is 23.2 Å². The molecule has 1 saturated heterocycles. The summed E-state index contributed by atoms with van der Waals surface area (Å²) in [5.74, 6) is -0.230. The largest absolute Gasteiger partial charge is 0.344 e. The molecule has 1 aromatic heterocycles. The molecule has 1 fully saturated rings. The Bertz CT molecular complexity index is 1040. The molecule has 0 spiro atoms. The molecule has 0 aliphatic carbocycles. The van der Waals surface area contributed by atoms with Crippen molar-refractivity contribution in [2.75, 3.05) is 6.54 Å². The van der Waals surface area contributed by atoms with Crippen LogP contribution in [0.5, 0.6) is 0 Å². The highest BCUT2D eigenvalue weighted by Crippen LogP contribution is 2.29. The van der Waals surface area contributed by atoms with E-state index in [-0.39, 0.29) is 18.0 Å². The first-order valence-electron chi connectivity index (χ1n) is 10.1. The van der Waals surface area contributed by atoms with Gasteiger partial charge in [0.15, 0.2) is 0 Å². The second kappa shape index (κ2) is 9.21. The summed E-state index contributed by atoms with van der Waals surface area (Å²) in [5.41, 5.74) is 3.53. The molecule has 5 nitrogen and oxygen atoms in total. The fourth-order valence-corrected chi connectivity index (χ4v) is 4.33. The van der Waals surface area contributed by atoms with Gasteiger partial charge in [0.1, 0.15) is 0 Å². The van der Waals surface area contributed by atoms with Crippen molar-refractivity contribution in [3.63, 3.8) is 0 Å². The lowest BCUT2D eigenvalue weighted by molar-refractivity contribution is 0.0923. The number of piperidine rings is 1. The minimum atomic E-state index is -0.230. The normalized spacial score (nSPS) is 17.5. The van der Waals surface area contributed by atoms with E-state index in [0.29, 0.717) is 15.6 Å². The van der Waals surface area contributed by atoms with Gasteiger partial charge in [-0.1, -0.05) is 47.8 Å². The molecule has 0 unspecified atom stereocenters. The van der Waals surface area contributed by atoms with Crippen LogP contribution in [0.1, 0.15) is 41.2 Å². The van der Waals surface area contributed by atoms with E-state index in [2.05, 4.69) is 33.9 Å². The maximum Gasteiger partial charge on any atom is 0.253 e. The Labute approximate surface area is 186 Å². The number of amides is 1. The van der Waals surface area contributed by atoms with Gasteiger partial charge in [-0.15, -0.1) is 0 Å². The molecular weight excluding hydrogens is 419 g/mol. The average Bonchev–Trinajstić information content (AvgIpc) is 3.20. The molecule has 4 rings (SSSR count). The van der Waals surface area contributed by atoms with E-state index in [1.807, 2.05) is 25.5 Å². The van der Waals surface area contributed by atoms with Crippen LogP contribution in [0.25, 0.3) is 11.1 Å². The van der Waals surface area contributed by atoms with Gasteiger partial charge in [0.2, 0.25) is 0 Å². The van der Waals surface area contributed by atoms with Gasteiger partial charge in [-0.2, -0.15) is 5.10 Å². The molecule has 0 saturated carbocycles. The van der Waals surface area contributed by atoms with Crippen LogP contribution in [-0.4, -0.2) is 28.3 Å². The number of hydrogen-bond acceptors (Lipinski definition) is 3. The third-order valence-electron chi connectivity index (χ3n) is 5.49. The fourth-order valence-electron chi connectivity index (χ4n) is 3.95. The molecule has 2 atom stereocenters. The highest BCUT2D eigenvalue weighted by atomic mass is 35.5. The van der Waals surface area contributed by atoms with Crippen molar-refractivity contribution in [1.29, 1.82) is 0 Å². The third-order valence-corrected chi connectivity index (χ3v) is 6.06. The van der Waals surface area contributed by atoms with Crippen LogP contribution < -0.4 is 10.6 Å². The number of aryl methyl sites for hydroxylation is 1. The van der Waals surface area contributed by atoms with Crippen molar-refractivity contribution in [2.24, 2.45) is 7.05 Å². The number of benzene rings is 2. The van der Waals surface area contributed by atoms with Crippen molar-refractivity contribution in [3.05, 3.63) is 76.0 Å². The summed E-state index contributed by atoms with van der Waals surface area (Å²) in [6, 6.07) is 13.1. The van der Waals surface area contributed by atoms with E-state index < -0.39 is 0 Å². The first-order chi connectivity index (χ1) is 14.5. The second-order valence-corrected chi connectivity index (χ2v) is 8.50. The monoisotopic (exact) mass is 442 g/mol. The highest BCUT2D eigenvalue weighted by molar-refractivity contribution is 6.35. The molecule has 3 aromatic rings. The zero-order valence-corrected chi connectivity index (χ0v) is 18.2. The number of carbonyl (C=O) groups is 1. The van der Waals surface area contributed by atoms with Gasteiger partial charge in [-0.3, -0.25) is 9.48 Å². The lowest BCUT2D eigenvalue weighted by Gasteiger charge is -2.32. The minimum absolute atomic E-state index is 0.143. The topological polar surface area (TPSA) is 59.0 Å². The van der Waals surface area contributed by atoms with Crippen molar-refractivity contribution < 1.29 is 4.79 Å². The Morgan fingerprint density at radius 2 is 2.07 bits per heavy atom. The lowest BCUT2D eigenvalue weighted by atomic mass is 9.91. The standard InChI is InChI=1S/C23H24Cl2N4O/c1-29-14-17(13-27-29)15-5-4-6-16(11-15)22(21-7-2-3-10-26-21)28-23(30)19-12-18(24)8-9-20(19)25/h4-6,8-9,11-14,21-22,26H,2-3,7,10H2,1H3,(H,28,30)/t21-,22-/m0/s1. The summed E-state index contributed by atoms with van der Waals surface area (Å²) in [4.78, 5) is 13.1. The van der Waals surface area contributed by atoms with Gasteiger partial charge >= 0.3 is 0 Å². The first kappa shape index (κ1) is 20.9. The van der Waals surface area contributed by atoms with E-state index in [1.165, 1.54) is 0 Å². The Kier molecular flexibility index (Phi) is 6.42. The predicted octanol–water partition coefficient (Wildman–Crippen LogP) is 5.01. The van der Waals surface area contributed by atoms with E-state index in [1.54, 1.807) is 22.9 Å². The van der Waals surface area contributed by atoms with E-state index >= 15 is 0 Å². The summed E-state index contributed by atoms with van der Waals surface area (Å²) in [7, 11) is 1.90. The smallest absolute Gasteiger partial charge is 0.253 e. The number of nitrogens with one attached hydrogen (secondary N) is 2. The van der Waals surface area contributed by atoms with Crippen LogP contribution in [-0.2, 0) is 7.05 Å². The van der Waals surface area contributed by atoms with Crippen LogP contribution in [0.4, 0.5) is 0 Å². The van der Waals surface area contributed by atoms with Crippen LogP contribution in [0, 0.1) is 0 Å². The predicted molar refractivity (Wildman–Crippen MR) is 121 cm³/mol. The number of aromatic nitrogens is 2. The molecule has 30 heavy (non-hydrogen) atoms. The van der Waals surface area contributed by atoms with Crippen LogP contribution in [0.15, 0.2) is 54.9 Å². The fraction of sp³-hybridized carbons (Fsp3) is 0.304. The molecule has 1 amide bonds. The second-order valence-electron chi connectivity index (χ2n) is 7.66. The number of carbonyl (C=O) groups excluding carboxylic acids is 1. The Balaban J connectivity index is 1.66. The molecular formula is C23H24Cl2N4O. The van der Waals surface area contributed by atoms with Gasteiger partial charge in [0.05, 0.1) is 22.8 Å². The number of hydrogen-bond donors (Lipinski definition) is 2. The van der Waals surface area contributed by atoms with Gasteiger partial charge in [-0.25, -0.2) is 0 Å². The van der Waals surface area contributed by atoms with Crippen molar-refractivity contribution in [3.8, 4) is 11.1 Å². The summed E-state index contributed by atoms with van der Waals surface area (Å²) in [5, 5.41) is 11.9. The zero-order chi connectivity index (χ0) is 21.1. The maximum atomic E-state index is 13.1. The molecule has 0 bridgehead atoms. The van der Waals surface area contributed by atoms with Gasteiger partial charge in [-0.05, 0) is 54.8 Å². The average molecular weight is 443 g/mol. The molecule has 2 heterocycles. The van der Waals surface area contributed by atoms with Gasteiger partial charge < -0.3 is 10.6 Å². The lowest BCUT2D eigenvalue weighted by Crippen LogP contribution is -2.46. The molecule has 2 aromatic carbocycles. The first-order valence-corrected chi connectivity index (χ1v) is 10.8. The Morgan fingerprint density at radius 1 is 1.20 bits per heavy atom. The highest BCUT2D eigenvalue weighted by Gasteiger charge is 2.27. The van der Waals surface area contributed by atoms with Gasteiger partial charge in [0.25, 0.3) is 5.91 Å². The van der Waals surface area contributed by atoms with Crippen LogP contribution >= 0.6 is 23.2 Å². The van der Waals surface area contributed by atoms with Crippen molar-refractivity contribution in [1.82, 2.24) is 20.4 Å². The molecule has 1 aliphatic rings. The number of halogens is 2. The van der Waals surface area contributed by atoms with Gasteiger partial charge in [0, 0.05) is 29.9 Å². The number of nitrogens with zero attached hydrogens (tertiary/aromatic N) is 2.